The number of rotatable bonds is 2. The van der Waals surface area contributed by atoms with Gasteiger partial charge in [0.25, 0.3) is 0 Å². The maximum Gasteiger partial charge on any atom is 0.392 e. The zero-order valence-corrected chi connectivity index (χ0v) is 12.1. The molecule has 0 radical (unpaired) electrons. The summed E-state index contributed by atoms with van der Waals surface area (Å²) >= 11 is 5.82. The van der Waals surface area contributed by atoms with Crippen LogP contribution in [-0.2, 0) is 19.5 Å². The van der Waals surface area contributed by atoms with Crippen LogP contribution in [0.25, 0.3) is 0 Å². The van der Waals surface area contributed by atoms with Gasteiger partial charge in [-0.25, -0.2) is 9.48 Å². The van der Waals surface area contributed by atoms with Gasteiger partial charge in [-0.2, -0.15) is 18.3 Å². The van der Waals surface area contributed by atoms with Crippen molar-refractivity contribution in [3.05, 3.63) is 45.4 Å². The topological polar surface area (TPSA) is 52.7 Å². The first-order chi connectivity index (χ1) is 10.3. The van der Waals surface area contributed by atoms with Crippen molar-refractivity contribution in [2.45, 2.75) is 32.1 Å². The third kappa shape index (κ3) is 2.87. The Bertz CT molecular complexity index is 752. The van der Waals surface area contributed by atoms with Crippen LogP contribution in [-0.4, -0.2) is 25.5 Å². The molecule has 1 aliphatic rings. The maximum atomic E-state index is 12.8. The Labute approximate surface area is 128 Å². The minimum atomic E-state index is -4.26. The average Bonchev–Trinajstić information content (AvgIpc) is 2.74. The monoisotopic (exact) mass is 332 g/mol. The molecular weight excluding hydrogens is 321 g/mol. The third-order valence-electron chi connectivity index (χ3n) is 3.69. The highest BCUT2D eigenvalue weighted by molar-refractivity contribution is 6.30. The van der Waals surface area contributed by atoms with Gasteiger partial charge in [-0.15, -0.1) is 0 Å². The lowest BCUT2D eigenvalue weighted by Crippen LogP contribution is -2.34. The Morgan fingerprint density at radius 3 is 2.82 bits per heavy atom. The van der Waals surface area contributed by atoms with Gasteiger partial charge in [-0.1, -0.05) is 11.6 Å². The number of pyridine rings is 1. The van der Waals surface area contributed by atoms with E-state index in [2.05, 4.69) is 10.1 Å². The fourth-order valence-electron chi connectivity index (χ4n) is 2.57. The van der Waals surface area contributed by atoms with Gasteiger partial charge in [-0.05, 0) is 18.1 Å². The van der Waals surface area contributed by atoms with Crippen LogP contribution in [0.3, 0.4) is 0 Å². The summed E-state index contributed by atoms with van der Waals surface area (Å²) in [4.78, 5) is 16.1. The molecule has 0 fully saturated rings. The second kappa shape index (κ2) is 5.42. The molecule has 0 aromatic carbocycles. The molecule has 0 aliphatic carbocycles. The van der Waals surface area contributed by atoms with Crippen molar-refractivity contribution < 1.29 is 13.2 Å². The third-order valence-corrected chi connectivity index (χ3v) is 3.89. The zero-order valence-electron chi connectivity index (χ0n) is 11.3. The van der Waals surface area contributed by atoms with E-state index in [0.717, 1.165) is 4.68 Å². The Kier molecular flexibility index (Phi) is 3.72. The molecule has 0 spiro atoms. The molecule has 2 aromatic heterocycles. The SMILES string of the molecule is O=c1n(Cc2cncc(Cl)c2)nc2n1CC[C@@H](C(F)(F)F)C2. The molecule has 2 aromatic rings. The summed E-state index contributed by atoms with van der Waals surface area (Å²) in [5, 5.41) is 4.46. The average molecular weight is 333 g/mol. The van der Waals surface area contributed by atoms with Crippen LogP contribution < -0.4 is 5.69 Å². The van der Waals surface area contributed by atoms with Crippen LogP contribution >= 0.6 is 11.6 Å². The van der Waals surface area contributed by atoms with Gasteiger partial charge in [0.1, 0.15) is 5.82 Å². The molecule has 0 saturated heterocycles. The highest BCUT2D eigenvalue weighted by Gasteiger charge is 2.42. The van der Waals surface area contributed by atoms with Crippen LogP contribution in [0.1, 0.15) is 17.8 Å². The van der Waals surface area contributed by atoms with E-state index >= 15 is 0 Å². The Morgan fingerprint density at radius 1 is 1.36 bits per heavy atom. The lowest BCUT2D eigenvalue weighted by Gasteiger charge is -2.23. The predicted molar refractivity (Wildman–Crippen MR) is 72.7 cm³/mol. The lowest BCUT2D eigenvalue weighted by atomic mass is 9.97. The van der Waals surface area contributed by atoms with Crippen molar-refractivity contribution in [1.82, 2.24) is 19.3 Å². The molecule has 3 rings (SSSR count). The second-order valence-corrected chi connectivity index (χ2v) is 5.69. The van der Waals surface area contributed by atoms with Gasteiger partial charge in [0.15, 0.2) is 0 Å². The van der Waals surface area contributed by atoms with E-state index in [1.807, 2.05) is 0 Å². The number of hydrogen-bond acceptors (Lipinski definition) is 3. The smallest absolute Gasteiger partial charge is 0.279 e. The Hall–Kier alpha value is -1.83. The summed E-state index contributed by atoms with van der Waals surface area (Å²) in [5.74, 6) is -1.27. The van der Waals surface area contributed by atoms with Crippen LogP contribution in [0.15, 0.2) is 23.3 Å². The molecular formula is C13H12ClF3N4O. The van der Waals surface area contributed by atoms with Crippen LogP contribution in [0.4, 0.5) is 13.2 Å². The van der Waals surface area contributed by atoms with Crippen molar-refractivity contribution in [2.24, 2.45) is 5.92 Å². The number of hydrogen-bond donors (Lipinski definition) is 0. The predicted octanol–water partition coefficient (Wildman–Crippen LogP) is 2.27. The van der Waals surface area contributed by atoms with Gasteiger partial charge in [-0.3, -0.25) is 9.55 Å². The number of nitrogens with zero attached hydrogens (tertiary/aromatic N) is 4. The van der Waals surface area contributed by atoms with E-state index in [9.17, 15) is 18.0 Å². The van der Waals surface area contributed by atoms with Crippen molar-refractivity contribution in [3.63, 3.8) is 0 Å². The molecule has 5 nitrogen and oxygen atoms in total. The molecule has 0 N–H and O–H groups in total. The molecule has 0 bridgehead atoms. The van der Waals surface area contributed by atoms with E-state index < -0.39 is 17.8 Å². The molecule has 0 saturated carbocycles. The first-order valence-electron chi connectivity index (χ1n) is 6.67. The van der Waals surface area contributed by atoms with E-state index in [0.29, 0.717) is 10.6 Å². The fourth-order valence-corrected chi connectivity index (χ4v) is 2.76. The zero-order chi connectivity index (χ0) is 15.9. The molecule has 0 amide bonds. The number of fused-ring (bicyclic) bond motifs is 1. The summed E-state index contributed by atoms with van der Waals surface area (Å²) in [6.07, 6.45) is -1.63. The quantitative estimate of drug-likeness (QED) is 0.847. The van der Waals surface area contributed by atoms with Crippen LogP contribution in [0.5, 0.6) is 0 Å². The van der Waals surface area contributed by atoms with Gasteiger partial charge in [0.2, 0.25) is 0 Å². The van der Waals surface area contributed by atoms with Gasteiger partial charge >= 0.3 is 11.9 Å². The highest BCUT2D eigenvalue weighted by Crippen LogP contribution is 2.33. The van der Waals surface area contributed by atoms with Crippen molar-refractivity contribution in [3.8, 4) is 0 Å². The summed E-state index contributed by atoms with van der Waals surface area (Å²) in [7, 11) is 0. The fraction of sp³-hybridized carbons (Fsp3) is 0.462. The molecule has 118 valence electrons. The summed E-state index contributed by atoms with van der Waals surface area (Å²) in [6.45, 7) is 0.162. The number of alkyl halides is 3. The lowest BCUT2D eigenvalue weighted by molar-refractivity contribution is -0.179. The molecule has 3 heterocycles. The number of halogens is 4. The Morgan fingerprint density at radius 2 is 2.14 bits per heavy atom. The standard InChI is InChI=1S/C13H12ClF3N4O/c14-10-3-8(5-18-6-10)7-21-12(22)20-2-1-9(13(15,16)17)4-11(20)19-21/h3,5-6,9H,1-2,4,7H2/t9-/m1/s1. The number of aromatic nitrogens is 4. The summed E-state index contributed by atoms with van der Waals surface area (Å²) < 4.78 is 40.8. The summed E-state index contributed by atoms with van der Waals surface area (Å²) in [5.41, 5.74) is 0.257. The maximum absolute atomic E-state index is 12.8. The van der Waals surface area contributed by atoms with Gasteiger partial charge < -0.3 is 0 Å². The van der Waals surface area contributed by atoms with Gasteiger partial charge in [0, 0.05) is 25.4 Å². The molecule has 9 heteroatoms. The minimum Gasteiger partial charge on any atom is -0.279 e. The Balaban J connectivity index is 1.87. The van der Waals surface area contributed by atoms with E-state index in [1.165, 1.54) is 17.0 Å². The van der Waals surface area contributed by atoms with Crippen molar-refractivity contribution >= 4 is 11.6 Å². The first kappa shape index (κ1) is 15.1. The van der Waals surface area contributed by atoms with Crippen molar-refractivity contribution in [1.29, 1.82) is 0 Å². The molecule has 0 unspecified atom stereocenters. The van der Waals surface area contributed by atoms with E-state index in [-0.39, 0.29) is 31.8 Å². The normalized spacial score (nSPS) is 18.3. The first-order valence-corrected chi connectivity index (χ1v) is 7.05. The highest BCUT2D eigenvalue weighted by atomic mass is 35.5. The van der Waals surface area contributed by atoms with Crippen LogP contribution in [0.2, 0.25) is 5.02 Å². The molecule has 22 heavy (non-hydrogen) atoms. The van der Waals surface area contributed by atoms with Crippen molar-refractivity contribution in [2.75, 3.05) is 0 Å². The van der Waals surface area contributed by atoms with E-state index in [1.54, 1.807) is 6.07 Å². The second-order valence-electron chi connectivity index (χ2n) is 5.25. The largest absolute Gasteiger partial charge is 0.392 e. The van der Waals surface area contributed by atoms with Gasteiger partial charge in [0.05, 0.1) is 17.5 Å². The molecule has 1 atom stereocenters. The molecule has 1 aliphatic heterocycles. The minimum absolute atomic E-state index is 0.0339. The van der Waals surface area contributed by atoms with E-state index in [4.69, 9.17) is 11.6 Å². The van der Waals surface area contributed by atoms with Crippen LogP contribution in [0, 0.1) is 5.92 Å². The summed E-state index contributed by atoms with van der Waals surface area (Å²) in [6, 6.07) is 1.64.